The van der Waals surface area contributed by atoms with Gasteiger partial charge < -0.3 is 4.74 Å². The average molecular weight is 285 g/mol. The van der Waals surface area contributed by atoms with E-state index in [0.717, 1.165) is 18.2 Å². The van der Waals surface area contributed by atoms with Gasteiger partial charge in [-0.3, -0.25) is 9.78 Å². The van der Waals surface area contributed by atoms with E-state index in [4.69, 9.17) is 0 Å². The number of pyridine rings is 1. The van der Waals surface area contributed by atoms with Crippen LogP contribution < -0.4 is 4.74 Å². The molecule has 1 aromatic carbocycles. The molecule has 0 atom stereocenters. The lowest BCUT2D eigenvalue weighted by Gasteiger charge is -2.09. The molecule has 0 aliphatic heterocycles. The van der Waals surface area contributed by atoms with E-state index < -0.39 is 17.9 Å². The number of halogens is 4. The minimum atomic E-state index is -4.78. The molecule has 0 fully saturated rings. The maximum atomic E-state index is 13.7. The van der Waals surface area contributed by atoms with E-state index in [-0.39, 0.29) is 16.8 Å². The predicted octanol–water partition coefficient (Wildman–Crippen LogP) is 3.60. The van der Waals surface area contributed by atoms with E-state index in [1.165, 1.54) is 18.3 Å². The lowest BCUT2D eigenvalue weighted by molar-refractivity contribution is -0.274. The second kappa shape index (κ2) is 5.28. The number of aromatic nitrogens is 1. The van der Waals surface area contributed by atoms with Crippen molar-refractivity contribution in [3.05, 3.63) is 47.9 Å². The Bertz CT molecular complexity index is 623. The summed E-state index contributed by atoms with van der Waals surface area (Å²) in [5.74, 6) is -1.15. The standard InChI is InChI=1S/C13H7F4NO2/c14-11-5-8(7-19)6-18-12(11)9-1-3-10(4-2-9)20-13(15,16)17/h1-7H. The fraction of sp³-hybridized carbons (Fsp3) is 0.0769. The molecular formula is C13H7F4NO2. The number of nitrogens with zero attached hydrogens (tertiary/aromatic N) is 1. The zero-order valence-electron chi connectivity index (χ0n) is 9.82. The van der Waals surface area contributed by atoms with E-state index in [0.29, 0.717) is 6.29 Å². The molecule has 2 rings (SSSR count). The highest BCUT2D eigenvalue weighted by molar-refractivity contribution is 5.75. The van der Waals surface area contributed by atoms with Crippen molar-refractivity contribution < 1.29 is 27.1 Å². The predicted molar refractivity (Wildman–Crippen MR) is 61.7 cm³/mol. The van der Waals surface area contributed by atoms with Crippen molar-refractivity contribution >= 4 is 6.29 Å². The summed E-state index contributed by atoms with van der Waals surface area (Å²) in [4.78, 5) is 14.2. The van der Waals surface area contributed by atoms with Gasteiger partial charge in [0.15, 0.2) is 6.29 Å². The maximum Gasteiger partial charge on any atom is 0.573 e. The Balaban J connectivity index is 2.28. The first-order chi connectivity index (χ1) is 9.39. The summed E-state index contributed by atoms with van der Waals surface area (Å²) in [5, 5.41) is 0. The van der Waals surface area contributed by atoms with E-state index >= 15 is 0 Å². The van der Waals surface area contributed by atoms with Crippen molar-refractivity contribution in [2.75, 3.05) is 0 Å². The summed E-state index contributed by atoms with van der Waals surface area (Å²) in [5.41, 5.74) is 0.284. The summed E-state index contributed by atoms with van der Waals surface area (Å²) >= 11 is 0. The maximum absolute atomic E-state index is 13.7. The van der Waals surface area contributed by atoms with Crippen LogP contribution in [0.15, 0.2) is 36.5 Å². The van der Waals surface area contributed by atoms with Crippen molar-refractivity contribution in [2.24, 2.45) is 0 Å². The van der Waals surface area contributed by atoms with Gasteiger partial charge in [-0.2, -0.15) is 0 Å². The number of rotatable bonds is 3. The van der Waals surface area contributed by atoms with Crippen LogP contribution >= 0.6 is 0 Å². The number of ether oxygens (including phenoxy) is 1. The molecule has 0 radical (unpaired) electrons. The van der Waals surface area contributed by atoms with Crippen LogP contribution in [0.3, 0.4) is 0 Å². The van der Waals surface area contributed by atoms with Crippen LogP contribution in [-0.2, 0) is 0 Å². The van der Waals surface area contributed by atoms with Crippen molar-refractivity contribution in [2.45, 2.75) is 6.36 Å². The molecular weight excluding hydrogens is 278 g/mol. The zero-order chi connectivity index (χ0) is 14.8. The molecule has 0 saturated heterocycles. The third-order valence-electron chi connectivity index (χ3n) is 2.36. The fourth-order valence-electron chi connectivity index (χ4n) is 1.54. The molecule has 7 heteroatoms. The first-order valence-corrected chi connectivity index (χ1v) is 5.36. The lowest BCUT2D eigenvalue weighted by atomic mass is 10.1. The minimum absolute atomic E-state index is 0.0610. The first-order valence-electron chi connectivity index (χ1n) is 5.36. The van der Waals surface area contributed by atoms with Gasteiger partial charge in [0, 0.05) is 17.3 Å². The average Bonchev–Trinajstić information content (AvgIpc) is 2.38. The number of hydrogen-bond donors (Lipinski definition) is 0. The van der Waals surface area contributed by atoms with Gasteiger partial charge in [0.25, 0.3) is 0 Å². The van der Waals surface area contributed by atoms with Gasteiger partial charge in [-0.05, 0) is 30.3 Å². The molecule has 1 heterocycles. The van der Waals surface area contributed by atoms with E-state index in [2.05, 4.69) is 9.72 Å². The molecule has 2 aromatic rings. The summed E-state index contributed by atoms with van der Waals surface area (Å²) in [6.45, 7) is 0. The molecule has 3 nitrogen and oxygen atoms in total. The zero-order valence-corrected chi connectivity index (χ0v) is 9.82. The fourth-order valence-corrected chi connectivity index (χ4v) is 1.54. The van der Waals surface area contributed by atoms with Gasteiger partial charge in [0.2, 0.25) is 0 Å². The smallest absolute Gasteiger partial charge is 0.406 e. The van der Waals surface area contributed by atoms with Gasteiger partial charge >= 0.3 is 6.36 Å². The van der Waals surface area contributed by atoms with Crippen LogP contribution in [0.4, 0.5) is 17.6 Å². The summed E-state index contributed by atoms with van der Waals surface area (Å²) < 4.78 is 53.3. The van der Waals surface area contributed by atoms with Gasteiger partial charge in [0.1, 0.15) is 17.3 Å². The van der Waals surface area contributed by atoms with Gasteiger partial charge in [-0.15, -0.1) is 13.2 Å². The molecule has 0 spiro atoms. The molecule has 0 unspecified atom stereocenters. The number of carbonyl (C=O) groups is 1. The van der Waals surface area contributed by atoms with Crippen LogP contribution in [0.2, 0.25) is 0 Å². The second-order valence-electron chi connectivity index (χ2n) is 3.79. The largest absolute Gasteiger partial charge is 0.573 e. The number of aldehydes is 1. The van der Waals surface area contributed by atoms with Crippen molar-refractivity contribution in [3.63, 3.8) is 0 Å². The second-order valence-corrected chi connectivity index (χ2v) is 3.79. The Kier molecular flexibility index (Phi) is 3.69. The Morgan fingerprint density at radius 2 is 1.80 bits per heavy atom. The van der Waals surface area contributed by atoms with Gasteiger partial charge in [0.05, 0.1) is 0 Å². The monoisotopic (exact) mass is 285 g/mol. The molecule has 1 aromatic heterocycles. The SMILES string of the molecule is O=Cc1cnc(-c2ccc(OC(F)(F)F)cc2)c(F)c1. The topological polar surface area (TPSA) is 39.2 Å². The minimum Gasteiger partial charge on any atom is -0.406 e. The molecule has 0 aliphatic carbocycles. The van der Waals surface area contributed by atoms with E-state index in [1.807, 2.05) is 0 Å². The van der Waals surface area contributed by atoms with Crippen LogP contribution in [0, 0.1) is 5.82 Å². The Hall–Kier alpha value is -2.44. The third-order valence-corrected chi connectivity index (χ3v) is 2.36. The molecule has 0 amide bonds. The van der Waals surface area contributed by atoms with Crippen LogP contribution in [-0.4, -0.2) is 17.6 Å². The van der Waals surface area contributed by atoms with Crippen LogP contribution in [0.1, 0.15) is 10.4 Å². The third kappa shape index (κ3) is 3.31. The summed E-state index contributed by atoms with van der Waals surface area (Å²) in [7, 11) is 0. The Labute approximate surface area is 110 Å². The van der Waals surface area contributed by atoms with E-state index in [1.54, 1.807) is 0 Å². The summed E-state index contributed by atoms with van der Waals surface area (Å²) in [6.07, 6.45) is -3.16. The normalized spacial score (nSPS) is 11.2. The lowest BCUT2D eigenvalue weighted by Crippen LogP contribution is -2.16. The number of hydrogen-bond acceptors (Lipinski definition) is 3. The van der Waals surface area contributed by atoms with Crippen molar-refractivity contribution in [3.8, 4) is 17.0 Å². The number of alkyl halides is 3. The molecule has 104 valence electrons. The summed E-state index contributed by atoms with van der Waals surface area (Å²) in [6, 6.07) is 5.59. The highest BCUT2D eigenvalue weighted by Gasteiger charge is 2.31. The molecule has 0 saturated carbocycles. The first kappa shape index (κ1) is 14.0. The number of benzene rings is 1. The van der Waals surface area contributed by atoms with Crippen molar-refractivity contribution in [1.82, 2.24) is 4.98 Å². The molecule has 0 N–H and O–H groups in total. The Morgan fingerprint density at radius 1 is 1.15 bits per heavy atom. The van der Waals surface area contributed by atoms with Gasteiger partial charge in [-0.1, -0.05) is 0 Å². The van der Waals surface area contributed by atoms with E-state index in [9.17, 15) is 22.4 Å². The molecule has 0 bridgehead atoms. The molecule has 20 heavy (non-hydrogen) atoms. The Morgan fingerprint density at radius 3 is 2.30 bits per heavy atom. The quantitative estimate of drug-likeness (QED) is 0.639. The van der Waals surface area contributed by atoms with Crippen LogP contribution in [0.25, 0.3) is 11.3 Å². The van der Waals surface area contributed by atoms with Crippen LogP contribution in [0.5, 0.6) is 5.75 Å². The van der Waals surface area contributed by atoms with Crippen molar-refractivity contribution in [1.29, 1.82) is 0 Å². The highest BCUT2D eigenvalue weighted by Crippen LogP contribution is 2.26. The molecule has 0 aliphatic rings. The highest BCUT2D eigenvalue weighted by atomic mass is 19.4. The number of carbonyl (C=O) groups excluding carboxylic acids is 1. The van der Waals surface area contributed by atoms with Gasteiger partial charge in [-0.25, -0.2) is 4.39 Å².